The van der Waals surface area contributed by atoms with Crippen LogP contribution >= 0.6 is 15.9 Å². The number of allylic oxidation sites excluding steroid dienone is 4. The molecule has 1 N–H and O–H groups in total. The summed E-state index contributed by atoms with van der Waals surface area (Å²) in [6.45, 7) is 5.85. The number of nitrogens with one attached hydrogen (secondary N) is 1. The molecule has 0 aromatic heterocycles. The Morgan fingerprint density at radius 3 is 2.62 bits per heavy atom. The van der Waals surface area contributed by atoms with Crippen molar-refractivity contribution in [1.29, 1.82) is 5.26 Å². The first kappa shape index (κ1) is 27.8. The van der Waals surface area contributed by atoms with Crippen molar-refractivity contribution in [2.75, 3.05) is 43.6 Å². The molecular weight excluding hydrogens is 556 g/mol. The van der Waals surface area contributed by atoms with Gasteiger partial charge in [-0.05, 0) is 66.6 Å². The van der Waals surface area contributed by atoms with E-state index in [-0.39, 0.29) is 16.6 Å². The monoisotopic (exact) mass is 590 g/mol. The van der Waals surface area contributed by atoms with Gasteiger partial charge in [-0.15, -0.1) is 0 Å². The highest BCUT2D eigenvalue weighted by Crippen LogP contribution is 2.45. The lowest BCUT2D eigenvalue weighted by molar-refractivity contribution is -0.117. The summed E-state index contributed by atoms with van der Waals surface area (Å²) in [5, 5.41) is 13.1. The van der Waals surface area contributed by atoms with E-state index < -0.39 is 10.0 Å². The molecule has 3 aliphatic rings. The van der Waals surface area contributed by atoms with Crippen molar-refractivity contribution in [1.82, 2.24) is 4.31 Å². The van der Waals surface area contributed by atoms with Crippen molar-refractivity contribution in [3.63, 3.8) is 0 Å². The van der Waals surface area contributed by atoms with Crippen LogP contribution in [0.3, 0.4) is 0 Å². The maximum atomic E-state index is 13.8. The quantitative estimate of drug-likeness (QED) is 0.387. The average Bonchev–Trinajstić information content (AvgIpc) is 3.41. The average molecular weight is 592 g/mol. The van der Waals surface area contributed by atoms with Crippen molar-refractivity contribution < 1.29 is 17.9 Å². The summed E-state index contributed by atoms with van der Waals surface area (Å²) < 4.78 is 35.0. The van der Waals surface area contributed by atoms with E-state index >= 15 is 0 Å². The Morgan fingerprint density at radius 1 is 1.24 bits per heavy atom. The number of sulfonamides is 1. The van der Waals surface area contributed by atoms with Gasteiger partial charge in [-0.1, -0.05) is 13.3 Å². The predicted octanol–water partition coefficient (Wildman–Crippen LogP) is 5.33. The van der Waals surface area contributed by atoms with Gasteiger partial charge >= 0.3 is 0 Å². The molecule has 0 bridgehead atoms. The molecule has 1 aromatic carbocycles. The number of rotatable bonds is 9. The predicted molar refractivity (Wildman–Crippen MR) is 148 cm³/mol. The van der Waals surface area contributed by atoms with Crippen molar-refractivity contribution in [3.8, 4) is 6.07 Å². The fraction of sp³-hybridized carbons (Fsp3) is 0.556. The zero-order valence-corrected chi connectivity index (χ0v) is 24.2. The maximum absolute atomic E-state index is 13.8. The molecule has 1 saturated heterocycles. The van der Waals surface area contributed by atoms with Crippen LogP contribution in [0.5, 0.6) is 0 Å². The molecule has 2 heterocycles. The molecule has 0 saturated carbocycles. The van der Waals surface area contributed by atoms with Crippen LogP contribution in [0, 0.1) is 17.2 Å². The minimum atomic E-state index is -3.78. The number of carbonyl (C=O) groups is 1. The molecule has 4 rings (SSSR count). The van der Waals surface area contributed by atoms with Gasteiger partial charge in [0.1, 0.15) is 4.90 Å². The van der Waals surface area contributed by atoms with E-state index in [0.29, 0.717) is 66.1 Å². The van der Waals surface area contributed by atoms with E-state index in [9.17, 15) is 18.5 Å². The number of Topliss-reactive ketones (excluding diaryl/α,β-unsaturated/α-hetero) is 1. The third-order valence-corrected chi connectivity index (χ3v) is 10.0. The zero-order chi connectivity index (χ0) is 26.7. The van der Waals surface area contributed by atoms with Crippen molar-refractivity contribution in [3.05, 3.63) is 39.1 Å². The number of nitrogens with zero attached hydrogens (tertiary/aromatic N) is 3. The molecule has 10 heteroatoms. The minimum Gasteiger partial charge on any atom is -0.383 e. The zero-order valence-electron chi connectivity index (χ0n) is 21.8. The smallest absolute Gasteiger partial charge is 0.245 e. The molecule has 8 nitrogen and oxygen atoms in total. The topological polar surface area (TPSA) is 103 Å². The Bertz CT molecular complexity index is 1280. The summed E-state index contributed by atoms with van der Waals surface area (Å²) >= 11 is 3.63. The number of ketones is 1. The molecule has 1 atom stereocenters. The lowest BCUT2D eigenvalue weighted by Gasteiger charge is -2.39. The van der Waals surface area contributed by atoms with Gasteiger partial charge < -0.3 is 15.0 Å². The fourth-order valence-electron chi connectivity index (χ4n) is 5.58. The maximum Gasteiger partial charge on any atom is 0.245 e. The Morgan fingerprint density at radius 2 is 1.97 bits per heavy atom. The van der Waals surface area contributed by atoms with Crippen LogP contribution in [0.1, 0.15) is 58.8 Å². The largest absolute Gasteiger partial charge is 0.383 e. The number of hydrogen-bond acceptors (Lipinski definition) is 7. The van der Waals surface area contributed by atoms with Gasteiger partial charge in [-0.25, -0.2) is 8.42 Å². The SMILES string of the molecule is CCCC1CC(=O)C2=C(C1)N(c1cc(Br)c(NCCOC)c(S(=O)(=O)N3CCCC3)c1)C(C)=C(C#N)C2. The number of halogens is 1. The van der Waals surface area contributed by atoms with Crippen LogP contribution in [0.2, 0.25) is 0 Å². The Hall–Kier alpha value is -2.19. The number of methoxy groups -OCH3 is 1. The fourth-order valence-corrected chi connectivity index (χ4v) is 8.03. The highest BCUT2D eigenvalue weighted by molar-refractivity contribution is 9.10. The van der Waals surface area contributed by atoms with Gasteiger partial charge in [0.05, 0.1) is 23.9 Å². The van der Waals surface area contributed by atoms with Crippen LogP contribution in [0.15, 0.2) is 44.0 Å². The van der Waals surface area contributed by atoms with Crippen LogP contribution in [0.25, 0.3) is 0 Å². The second kappa shape index (κ2) is 11.7. The summed E-state index contributed by atoms with van der Waals surface area (Å²) in [5.41, 5.74) is 3.96. The molecule has 37 heavy (non-hydrogen) atoms. The van der Waals surface area contributed by atoms with Crippen LogP contribution in [0.4, 0.5) is 11.4 Å². The Kier molecular flexibility index (Phi) is 8.79. The summed E-state index contributed by atoms with van der Waals surface area (Å²) in [6.07, 6.45) is 5.17. The molecule has 1 fully saturated rings. The Balaban J connectivity index is 1.88. The summed E-state index contributed by atoms with van der Waals surface area (Å²) in [5.74, 6) is 0.327. The lowest BCUT2D eigenvalue weighted by Crippen LogP contribution is -2.34. The molecular formula is C27H35BrN4O4S. The van der Waals surface area contributed by atoms with E-state index in [4.69, 9.17) is 4.74 Å². The summed E-state index contributed by atoms with van der Waals surface area (Å²) in [4.78, 5) is 15.3. The van der Waals surface area contributed by atoms with Gasteiger partial charge in [0.25, 0.3) is 0 Å². The molecule has 1 aromatic rings. The summed E-state index contributed by atoms with van der Waals surface area (Å²) in [7, 11) is -2.18. The second-order valence-corrected chi connectivity index (χ2v) is 12.7. The second-order valence-electron chi connectivity index (χ2n) is 9.93. The molecule has 200 valence electrons. The molecule has 1 unspecified atom stereocenters. The first-order valence-corrected chi connectivity index (χ1v) is 15.2. The highest BCUT2D eigenvalue weighted by atomic mass is 79.9. The van der Waals surface area contributed by atoms with E-state index in [2.05, 4.69) is 34.2 Å². The van der Waals surface area contributed by atoms with Crippen molar-refractivity contribution in [2.24, 2.45) is 5.92 Å². The van der Waals surface area contributed by atoms with Gasteiger partial charge in [0, 0.05) is 66.7 Å². The van der Waals surface area contributed by atoms with Gasteiger partial charge in [0.2, 0.25) is 10.0 Å². The molecule has 0 spiro atoms. The van der Waals surface area contributed by atoms with Crippen LogP contribution in [-0.2, 0) is 19.6 Å². The molecule has 0 amide bonds. The lowest BCUT2D eigenvalue weighted by atomic mass is 9.79. The van der Waals surface area contributed by atoms with Crippen LogP contribution < -0.4 is 10.2 Å². The minimum absolute atomic E-state index is 0.0896. The molecule has 0 radical (unpaired) electrons. The molecule has 1 aliphatic carbocycles. The van der Waals surface area contributed by atoms with Gasteiger partial charge in [-0.2, -0.15) is 9.57 Å². The number of benzene rings is 1. The van der Waals surface area contributed by atoms with E-state index in [0.717, 1.165) is 43.5 Å². The third-order valence-electron chi connectivity index (χ3n) is 7.46. The normalized spacial score (nSPS) is 20.9. The number of nitriles is 1. The highest BCUT2D eigenvalue weighted by Gasteiger charge is 2.37. The van der Waals surface area contributed by atoms with Crippen molar-refractivity contribution >= 4 is 43.1 Å². The third kappa shape index (κ3) is 5.51. The molecule has 2 aliphatic heterocycles. The van der Waals surface area contributed by atoms with Crippen LogP contribution in [-0.4, -0.2) is 51.9 Å². The first-order chi connectivity index (χ1) is 17.7. The Labute approximate surface area is 228 Å². The number of hydrogen-bond donors (Lipinski definition) is 1. The standard InChI is InChI=1S/C27H35BrN4O4S/c1-4-7-19-12-24-22(25(33)13-19)14-20(17-29)18(2)32(24)21-15-23(28)27(30-8-11-36-3)26(16-21)37(34,35)31-9-5-6-10-31/h15-16,19,30H,4-14H2,1-3H3. The number of carbonyl (C=O) groups excluding carboxylic acids is 1. The van der Waals surface area contributed by atoms with E-state index in [1.165, 1.54) is 4.31 Å². The summed E-state index contributed by atoms with van der Waals surface area (Å²) in [6, 6.07) is 5.85. The van der Waals surface area contributed by atoms with E-state index in [1.54, 1.807) is 13.2 Å². The van der Waals surface area contributed by atoms with E-state index in [1.807, 2.05) is 17.9 Å². The number of anilines is 2. The van der Waals surface area contributed by atoms with Gasteiger partial charge in [0.15, 0.2) is 5.78 Å². The first-order valence-electron chi connectivity index (χ1n) is 12.9. The van der Waals surface area contributed by atoms with Gasteiger partial charge in [-0.3, -0.25) is 4.79 Å². The number of ether oxygens (including phenoxy) is 1. The van der Waals surface area contributed by atoms with Crippen molar-refractivity contribution in [2.45, 2.75) is 63.7 Å².